The summed E-state index contributed by atoms with van der Waals surface area (Å²) in [5.74, 6) is 0. The summed E-state index contributed by atoms with van der Waals surface area (Å²) in [5, 5.41) is 0. The van der Waals surface area contributed by atoms with Crippen molar-refractivity contribution in [2.24, 2.45) is 0 Å². The molecular weight excluding hydrogens is 379 g/mol. The standard InChI is InChI=1S/Ag.Pb.2S. The molecule has 0 heterocycles. The van der Waals surface area contributed by atoms with E-state index < -0.39 is 0 Å². The first kappa shape index (κ1) is 9.44. The summed E-state index contributed by atoms with van der Waals surface area (Å²) in [7, 11) is 8.12. The third-order valence-corrected chi connectivity index (χ3v) is 0. The molecule has 0 aliphatic rings. The van der Waals surface area contributed by atoms with Gasteiger partial charge in [-0.1, -0.05) is 0 Å². The predicted molar refractivity (Wildman–Crippen MR) is 20.9 cm³/mol. The Morgan fingerprint density at radius 2 is 1.25 bits per heavy atom. The molecule has 0 spiro atoms. The fourth-order valence-corrected chi connectivity index (χ4v) is 0. The van der Waals surface area contributed by atoms with Crippen LogP contribution in [0.1, 0.15) is 0 Å². The number of hydrogen-bond acceptors (Lipinski definition) is 2. The maximum atomic E-state index is 4.22. The van der Waals surface area contributed by atoms with Crippen LogP contribution in [-0.4, -0.2) is 23.7 Å². The molecule has 0 aromatic heterocycles. The molecule has 0 fully saturated rings. The first-order valence-electron chi connectivity index (χ1n) is 0.327. The van der Waals surface area contributed by atoms with Crippen molar-refractivity contribution in [3.05, 3.63) is 0 Å². The normalized spacial score (nSPS) is 2.50. The molecule has 0 rings (SSSR count). The van der Waals surface area contributed by atoms with Crippen molar-refractivity contribution in [3.63, 3.8) is 0 Å². The fourth-order valence-electron chi connectivity index (χ4n) is 0. The van der Waals surface area contributed by atoms with Crippen molar-refractivity contribution >= 4 is 41.9 Å². The van der Waals surface area contributed by atoms with Gasteiger partial charge in [-0.05, 0) is 0 Å². The molecule has 2 radical (unpaired) electrons. The molecule has 27 valence electrons. The minimum absolute atomic E-state index is 0.889. The van der Waals surface area contributed by atoms with E-state index in [0.717, 1.165) is 23.7 Å². The van der Waals surface area contributed by atoms with Crippen molar-refractivity contribution in [1.82, 2.24) is 0 Å². The predicted octanol–water partition coefficient (Wildman–Crippen LogP) is 0.913. The van der Waals surface area contributed by atoms with E-state index in [0.29, 0.717) is 0 Å². The van der Waals surface area contributed by atoms with Crippen LogP contribution in [-0.2, 0) is 19.2 Å². The van der Waals surface area contributed by atoms with Crippen LogP contribution in [0.2, 0.25) is 0 Å². The summed E-state index contributed by atoms with van der Waals surface area (Å²) >= 11 is 3.42. The molecule has 0 aromatic rings. The van der Waals surface area contributed by atoms with Crippen molar-refractivity contribution in [2.45, 2.75) is 0 Å². The molecule has 0 aliphatic heterocycles. The molecule has 0 bridgehead atoms. The Hall–Kier alpha value is 2.10. The van der Waals surface area contributed by atoms with Crippen LogP contribution in [0.25, 0.3) is 0 Å². The molecule has 0 atom stereocenters. The minimum atomic E-state index is 0.889. The van der Waals surface area contributed by atoms with Gasteiger partial charge in [0.1, 0.15) is 0 Å². The Bertz CT molecular complexity index is 8.00. The Kier molecular flexibility index (Phi) is 45.8. The first-order valence-corrected chi connectivity index (χ1v) is 7.56. The summed E-state index contributed by atoms with van der Waals surface area (Å²) in [5.41, 5.74) is 0. The van der Waals surface area contributed by atoms with Crippen LogP contribution in [0.3, 0.4) is 0 Å². The van der Waals surface area contributed by atoms with Gasteiger partial charge in [-0.2, -0.15) is 0 Å². The van der Waals surface area contributed by atoms with Crippen LogP contribution in [0.4, 0.5) is 0 Å². The molecule has 0 amide bonds. The van der Waals surface area contributed by atoms with Gasteiger partial charge in [-0.25, -0.2) is 0 Å². The molecule has 0 N–H and O–H groups in total. The Morgan fingerprint density at radius 1 is 1.25 bits per heavy atom. The first-order chi connectivity index (χ1) is 2.00. The van der Waals surface area contributed by atoms with E-state index in [1.54, 1.807) is 0 Å². The van der Waals surface area contributed by atoms with Crippen molar-refractivity contribution in [1.29, 1.82) is 0 Å². The Labute approximate surface area is 60.1 Å². The van der Waals surface area contributed by atoms with E-state index in [1.807, 2.05) is 0 Å². The molecule has 0 aliphatic carbocycles. The van der Waals surface area contributed by atoms with E-state index in [-0.39, 0.29) is 0 Å². The fraction of sp³-hybridized carbons (Fsp3) is 0. The molecule has 0 unspecified atom stereocenters. The third-order valence-electron chi connectivity index (χ3n) is 0. The quantitative estimate of drug-likeness (QED) is 0.575. The van der Waals surface area contributed by atoms with Crippen LogP contribution in [0.5, 0.6) is 0 Å². The second-order valence-electron chi connectivity index (χ2n) is 0. The van der Waals surface area contributed by atoms with E-state index in [4.69, 9.17) is 0 Å². The van der Waals surface area contributed by atoms with Crippen LogP contribution in [0.15, 0.2) is 0 Å². The molecule has 0 nitrogen and oxygen atoms in total. The summed E-state index contributed by atoms with van der Waals surface area (Å²) in [6.07, 6.45) is 0. The van der Waals surface area contributed by atoms with Gasteiger partial charge in [0, 0.05) is 0 Å². The zero-order chi connectivity index (χ0) is 4.00. The van der Waals surface area contributed by atoms with Gasteiger partial charge in [-0.15, -0.1) is 0 Å². The monoisotopic (exact) mass is 379 g/mol. The molecule has 4 heteroatoms. The third kappa shape index (κ3) is 8.93. The summed E-state index contributed by atoms with van der Waals surface area (Å²) < 4.78 is 0. The number of rotatable bonds is 0. The van der Waals surface area contributed by atoms with Gasteiger partial charge in [0.25, 0.3) is 0 Å². The molecule has 0 aromatic carbocycles. The van der Waals surface area contributed by atoms with Crippen LogP contribution < -0.4 is 0 Å². The molecule has 4 heavy (non-hydrogen) atoms. The van der Waals surface area contributed by atoms with Gasteiger partial charge in [0.2, 0.25) is 0 Å². The van der Waals surface area contributed by atoms with E-state index in [9.17, 15) is 0 Å². The Morgan fingerprint density at radius 3 is 1.25 bits per heavy atom. The number of hydrogen-bond donors (Lipinski definition) is 0. The molecular formula is AgPbS2. The molecule has 0 saturated carbocycles. The molecule has 0 saturated heterocycles. The summed E-state index contributed by atoms with van der Waals surface area (Å²) in [6.45, 7) is 0. The SMILES string of the molecule is [S]=[Ag].[S]=[Pb]. The average molecular weight is 379 g/mol. The zero-order valence-corrected chi connectivity index (χ0v) is 8.62. The van der Waals surface area contributed by atoms with Crippen molar-refractivity contribution in [3.8, 4) is 0 Å². The summed E-state index contributed by atoms with van der Waals surface area (Å²) in [4.78, 5) is 0. The van der Waals surface area contributed by atoms with Gasteiger partial charge < -0.3 is 0 Å². The van der Waals surface area contributed by atoms with E-state index in [1.165, 1.54) is 0 Å². The van der Waals surface area contributed by atoms with Gasteiger partial charge in [0.05, 0.1) is 0 Å². The summed E-state index contributed by atoms with van der Waals surface area (Å²) in [6, 6.07) is 0. The van der Waals surface area contributed by atoms with Crippen molar-refractivity contribution < 1.29 is 19.2 Å². The second kappa shape index (κ2) is 19.4. The second-order valence-corrected chi connectivity index (χ2v) is 0. The van der Waals surface area contributed by atoms with Crippen LogP contribution in [0, 0.1) is 0 Å². The van der Waals surface area contributed by atoms with Crippen molar-refractivity contribution in [2.75, 3.05) is 0 Å². The average Bonchev–Trinajstić information content (AvgIpc) is 1.50. The maximum absolute atomic E-state index is 4.22. The van der Waals surface area contributed by atoms with Gasteiger partial charge in [-0.3, -0.25) is 0 Å². The van der Waals surface area contributed by atoms with Gasteiger partial charge >= 0.3 is 61.1 Å². The topological polar surface area (TPSA) is 0 Å². The Balaban J connectivity index is 0. The van der Waals surface area contributed by atoms with Gasteiger partial charge in [0.15, 0.2) is 0 Å². The van der Waals surface area contributed by atoms with Crippen LogP contribution >= 0.6 is 18.2 Å². The van der Waals surface area contributed by atoms with E-state index >= 15 is 0 Å². The zero-order valence-electron chi connectivity index (χ0n) is 1.62. The van der Waals surface area contributed by atoms with E-state index in [2.05, 4.69) is 37.4 Å².